The van der Waals surface area contributed by atoms with Gasteiger partial charge in [-0.15, -0.1) is 0 Å². The second kappa shape index (κ2) is 5.01. The van der Waals surface area contributed by atoms with Crippen LogP contribution in [-0.2, 0) is 0 Å². The van der Waals surface area contributed by atoms with Gasteiger partial charge in [0.15, 0.2) is 11.5 Å². The topological polar surface area (TPSA) is 80.4 Å². The van der Waals surface area contributed by atoms with Crippen molar-refractivity contribution in [3.8, 4) is 11.5 Å². The van der Waals surface area contributed by atoms with Crippen molar-refractivity contribution in [3.63, 3.8) is 0 Å². The number of nitrogens with one attached hydrogen (secondary N) is 2. The monoisotopic (exact) mass is 292 g/mol. The van der Waals surface area contributed by atoms with Crippen LogP contribution in [0.25, 0.3) is 0 Å². The van der Waals surface area contributed by atoms with Crippen molar-refractivity contribution in [3.05, 3.63) is 38.4 Å². The number of thiazole rings is 1. The Morgan fingerprint density at radius 1 is 1.30 bits per heavy atom. The zero-order valence-corrected chi connectivity index (χ0v) is 11.5. The van der Waals surface area contributed by atoms with Gasteiger partial charge in [-0.05, 0) is 19.1 Å². The van der Waals surface area contributed by atoms with Crippen molar-refractivity contribution >= 4 is 22.9 Å². The third kappa shape index (κ3) is 2.39. The average molecular weight is 292 g/mol. The first-order valence-electron chi connectivity index (χ1n) is 6.04. The van der Waals surface area contributed by atoms with Gasteiger partial charge < -0.3 is 19.8 Å². The molecule has 3 rings (SSSR count). The molecule has 0 aliphatic carbocycles. The number of anilines is 1. The lowest BCUT2D eigenvalue weighted by molar-refractivity contribution is 0.102. The van der Waals surface area contributed by atoms with Crippen LogP contribution in [0.3, 0.4) is 0 Å². The standard InChI is InChI=1S/C13H12N2O4S/c1-7-11(20-13(17)14-7)12(16)15-8-2-3-9-10(6-8)19-5-4-18-9/h2-3,6H,4-5H2,1H3,(H,14,17)(H,15,16). The Labute approximate surface area is 118 Å². The van der Waals surface area contributed by atoms with Gasteiger partial charge in [0.1, 0.15) is 18.1 Å². The number of carbonyl (C=O) groups is 1. The summed E-state index contributed by atoms with van der Waals surface area (Å²) in [5, 5.41) is 2.74. The summed E-state index contributed by atoms with van der Waals surface area (Å²) in [6, 6.07) is 5.18. The van der Waals surface area contributed by atoms with Crippen LogP contribution in [0.1, 0.15) is 15.4 Å². The number of rotatable bonds is 2. The van der Waals surface area contributed by atoms with E-state index in [-0.39, 0.29) is 10.8 Å². The minimum atomic E-state index is -0.317. The van der Waals surface area contributed by atoms with Gasteiger partial charge in [-0.1, -0.05) is 11.3 Å². The first-order chi connectivity index (χ1) is 9.63. The third-order valence-corrected chi connectivity index (χ3v) is 3.81. The number of aryl methyl sites for hydroxylation is 1. The molecule has 20 heavy (non-hydrogen) atoms. The predicted molar refractivity (Wildman–Crippen MR) is 75.1 cm³/mol. The predicted octanol–water partition coefficient (Wildman–Crippen LogP) is 1.77. The molecule has 1 aliphatic rings. The first kappa shape index (κ1) is 12.7. The molecule has 7 heteroatoms. The Bertz CT molecular complexity index is 719. The minimum absolute atomic E-state index is 0.241. The van der Waals surface area contributed by atoms with E-state index in [0.29, 0.717) is 41.0 Å². The molecule has 2 heterocycles. The lowest BCUT2D eigenvalue weighted by atomic mass is 10.2. The van der Waals surface area contributed by atoms with Crippen molar-refractivity contribution in [2.24, 2.45) is 0 Å². The molecule has 2 N–H and O–H groups in total. The van der Waals surface area contributed by atoms with Crippen molar-refractivity contribution in [2.75, 3.05) is 18.5 Å². The van der Waals surface area contributed by atoms with Crippen molar-refractivity contribution in [1.29, 1.82) is 0 Å². The minimum Gasteiger partial charge on any atom is -0.486 e. The molecule has 0 radical (unpaired) electrons. The van der Waals surface area contributed by atoms with Gasteiger partial charge in [0.2, 0.25) is 0 Å². The molecule has 0 fully saturated rings. The van der Waals surface area contributed by atoms with Gasteiger partial charge >= 0.3 is 4.87 Å². The molecule has 0 spiro atoms. The number of amides is 1. The number of benzene rings is 1. The van der Waals surface area contributed by atoms with Crippen LogP contribution in [-0.4, -0.2) is 24.1 Å². The maximum atomic E-state index is 12.1. The van der Waals surface area contributed by atoms with Crippen LogP contribution >= 0.6 is 11.3 Å². The van der Waals surface area contributed by atoms with Gasteiger partial charge in [0, 0.05) is 17.4 Å². The van der Waals surface area contributed by atoms with E-state index in [0.717, 1.165) is 11.3 Å². The second-order valence-corrected chi connectivity index (χ2v) is 5.26. The highest BCUT2D eigenvalue weighted by Gasteiger charge is 2.16. The Balaban J connectivity index is 1.82. The summed E-state index contributed by atoms with van der Waals surface area (Å²) in [5.74, 6) is 0.951. The fourth-order valence-electron chi connectivity index (χ4n) is 1.93. The zero-order valence-electron chi connectivity index (χ0n) is 10.7. The molecule has 6 nitrogen and oxygen atoms in total. The summed E-state index contributed by atoms with van der Waals surface area (Å²) in [6.07, 6.45) is 0. The van der Waals surface area contributed by atoms with Gasteiger partial charge in [-0.3, -0.25) is 9.59 Å². The Morgan fingerprint density at radius 3 is 2.75 bits per heavy atom. The van der Waals surface area contributed by atoms with E-state index in [1.807, 2.05) is 0 Å². The van der Waals surface area contributed by atoms with Crippen LogP contribution in [0.5, 0.6) is 11.5 Å². The number of fused-ring (bicyclic) bond motifs is 1. The summed E-state index contributed by atoms with van der Waals surface area (Å²) < 4.78 is 10.9. The third-order valence-electron chi connectivity index (χ3n) is 2.83. The average Bonchev–Trinajstić information content (AvgIpc) is 2.78. The van der Waals surface area contributed by atoms with E-state index in [4.69, 9.17) is 9.47 Å². The largest absolute Gasteiger partial charge is 0.486 e. The highest BCUT2D eigenvalue weighted by Crippen LogP contribution is 2.32. The van der Waals surface area contributed by atoms with Gasteiger partial charge in [0.25, 0.3) is 5.91 Å². The molecule has 104 valence electrons. The fourth-order valence-corrected chi connectivity index (χ4v) is 2.67. The van der Waals surface area contributed by atoms with E-state index in [1.165, 1.54) is 0 Å². The lowest BCUT2D eigenvalue weighted by Crippen LogP contribution is -2.16. The summed E-state index contributed by atoms with van der Waals surface area (Å²) in [4.78, 5) is 26.0. The van der Waals surface area contributed by atoms with E-state index >= 15 is 0 Å². The van der Waals surface area contributed by atoms with E-state index in [2.05, 4.69) is 10.3 Å². The van der Waals surface area contributed by atoms with Gasteiger partial charge in [-0.2, -0.15) is 0 Å². The molecule has 1 amide bonds. The Kier molecular flexibility index (Phi) is 3.19. The van der Waals surface area contributed by atoms with Crippen molar-refractivity contribution < 1.29 is 14.3 Å². The first-order valence-corrected chi connectivity index (χ1v) is 6.86. The van der Waals surface area contributed by atoms with Crippen LogP contribution in [0, 0.1) is 6.92 Å². The van der Waals surface area contributed by atoms with Gasteiger partial charge in [0.05, 0.1) is 0 Å². The molecule has 0 saturated carbocycles. The lowest BCUT2D eigenvalue weighted by Gasteiger charge is -2.18. The Hall–Kier alpha value is -2.28. The molecule has 0 saturated heterocycles. The second-order valence-electron chi connectivity index (χ2n) is 4.28. The van der Waals surface area contributed by atoms with Crippen molar-refractivity contribution in [2.45, 2.75) is 6.92 Å². The number of aromatic amines is 1. The molecule has 1 aromatic heterocycles. The molecular formula is C13H12N2O4S. The number of ether oxygens (including phenoxy) is 2. The van der Waals surface area contributed by atoms with Gasteiger partial charge in [-0.25, -0.2) is 0 Å². The molecule has 0 atom stereocenters. The van der Waals surface area contributed by atoms with Crippen LogP contribution < -0.4 is 19.7 Å². The molecular weight excluding hydrogens is 280 g/mol. The van der Waals surface area contributed by atoms with E-state index in [1.54, 1.807) is 25.1 Å². The molecule has 0 bridgehead atoms. The highest BCUT2D eigenvalue weighted by molar-refractivity contribution is 7.11. The number of H-pyrrole nitrogens is 1. The van der Waals surface area contributed by atoms with E-state index < -0.39 is 0 Å². The quantitative estimate of drug-likeness (QED) is 0.884. The van der Waals surface area contributed by atoms with Crippen LogP contribution in [0.2, 0.25) is 0 Å². The number of hydrogen-bond acceptors (Lipinski definition) is 5. The summed E-state index contributed by atoms with van der Waals surface area (Å²) >= 11 is 0.891. The zero-order chi connectivity index (χ0) is 14.1. The number of carbonyl (C=O) groups excluding carboxylic acids is 1. The summed E-state index contributed by atoms with van der Waals surface area (Å²) in [5.41, 5.74) is 1.16. The summed E-state index contributed by atoms with van der Waals surface area (Å²) in [7, 11) is 0. The van der Waals surface area contributed by atoms with Crippen LogP contribution in [0.15, 0.2) is 23.0 Å². The maximum Gasteiger partial charge on any atom is 0.305 e. The number of hydrogen-bond donors (Lipinski definition) is 2. The summed E-state index contributed by atoms with van der Waals surface area (Å²) in [6.45, 7) is 2.70. The fraction of sp³-hybridized carbons (Fsp3) is 0.231. The smallest absolute Gasteiger partial charge is 0.305 e. The molecule has 2 aromatic rings. The Morgan fingerprint density at radius 2 is 2.05 bits per heavy atom. The van der Waals surface area contributed by atoms with E-state index in [9.17, 15) is 9.59 Å². The van der Waals surface area contributed by atoms with Crippen LogP contribution in [0.4, 0.5) is 5.69 Å². The normalized spacial score (nSPS) is 13.1. The molecule has 0 unspecified atom stereocenters. The maximum absolute atomic E-state index is 12.1. The SMILES string of the molecule is Cc1[nH]c(=O)sc1C(=O)Nc1ccc2c(c1)OCCO2. The number of aromatic nitrogens is 1. The highest BCUT2D eigenvalue weighted by atomic mass is 32.1. The molecule has 1 aliphatic heterocycles. The molecule has 1 aromatic carbocycles. The van der Waals surface area contributed by atoms with Crippen molar-refractivity contribution in [1.82, 2.24) is 4.98 Å².